The minimum absolute atomic E-state index is 0.287. The number of nitrogens with two attached hydrogens (primary N) is 1. The SMILES string of the molecule is COC1CC(N)C1.COC1CNC1.O=C(O)c1cc(Cc2n[nH]c(=O)c3ccccc23)ccc1F. The predicted octanol–water partition coefficient (Wildman–Crippen LogP) is 2.08. The summed E-state index contributed by atoms with van der Waals surface area (Å²) >= 11 is 0. The number of rotatable bonds is 5. The summed E-state index contributed by atoms with van der Waals surface area (Å²) in [7, 11) is 3.47. The summed E-state index contributed by atoms with van der Waals surface area (Å²) in [6, 6.07) is 11.3. The first-order valence-electron chi connectivity index (χ1n) is 11.3. The number of benzene rings is 2. The molecule has 0 bridgehead atoms. The smallest absolute Gasteiger partial charge is 0.338 e. The molecule has 1 aliphatic carbocycles. The Hall–Kier alpha value is -3.18. The van der Waals surface area contributed by atoms with Crippen molar-refractivity contribution >= 4 is 16.7 Å². The van der Waals surface area contributed by atoms with E-state index in [0.29, 0.717) is 40.3 Å². The topological polar surface area (TPSA) is 140 Å². The molecular formula is C25H31FN4O5. The van der Waals surface area contributed by atoms with E-state index in [0.717, 1.165) is 32.0 Å². The highest BCUT2D eigenvalue weighted by Gasteiger charge is 2.24. The summed E-state index contributed by atoms with van der Waals surface area (Å²) in [5.74, 6) is -2.10. The zero-order valence-corrected chi connectivity index (χ0v) is 19.8. The third-order valence-electron chi connectivity index (χ3n) is 5.95. The molecule has 0 unspecified atom stereocenters. The molecule has 2 fully saturated rings. The van der Waals surface area contributed by atoms with Crippen molar-refractivity contribution in [3.8, 4) is 0 Å². The van der Waals surface area contributed by atoms with Gasteiger partial charge in [0, 0.05) is 45.2 Å². The van der Waals surface area contributed by atoms with Crippen molar-refractivity contribution in [2.75, 3.05) is 27.3 Å². The van der Waals surface area contributed by atoms with E-state index in [1.54, 1.807) is 38.5 Å². The van der Waals surface area contributed by atoms with Gasteiger partial charge in [-0.05, 0) is 36.6 Å². The lowest BCUT2D eigenvalue weighted by Crippen LogP contribution is -2.47. The molecule has 5 rings (SSSR count). The monoisotopic (exact) mass is 486 g/mol. The molecule has 1 saturated carbocycles. The molecule has 1 aromatic heterocycles. The molecule has 35 heavy (non-hydrogen) atoms. The average molecular weight is 487 g/mol. The third-order valence-corrected chi connectivity index (χ3v) is 5.95. The largest absolute Gasteiger partial charge is 0.478 e. The van der Waals surface area contributed by atoms with Crippen molar-refractivity contribution in [1.82, 2.24) is 15.5 Å². The molecular weight excluding hydrogens is 455 g/mol. The summed E-state index contributed by atoms with van der Waals surface area (Å²) in [4.78, 5) is 22.7. The number of nitrogens with zero attached hydrogens (tertiary/aromatic N) is 1. The molecule has 0 spiro atoms. The van der Waals surface area contributed by atoms with Gasteiger partial charge in [-0.2, -0.15) is 5.10 Å². The van der Waals surface area contributed by atoms with E-state index < -0.39 is 11.8 Å². The van der Waals surface area contributed by atoms with Crippen molar-refractivity contribution in [3.05, 3.63) is 75.5 Å². The molecule has 0 radical (unpaired) electrons. The summed E-state index contributed by atoms with van der Waals surface area (Å²) in [5.41, 5.74) is 5.99. The molecule has 9 nitrogen and oxygen atoms in total. The Morgan fingerprint density at radius 2 is 1.77 bits per heavy atom. The van der Waals surface area contributed by atoms with Crippen LogP contribution in [0, 0.1) is 5.82 Å². The summed E-state index contributed by atoms with van der Waals surface area (Å²) in [6.45, 7) is 2.08. The zero-order valence-electron chi connectivity index (χ0n) is 19.8. The fraction of sp³-hybridized carbons (Fsp3) is 0.400. The maximum Gasteiger partial charge on any atom is 0.338 e. The standard InChI is InChI=1S/C16H11FN2O3.C5H11NO.C4H9NO/c17-13-6-5-9(7-12(13)16(21)22)8-14-10-3-1-2-4-11(10)15(20)19-18-14;1-7-5-2-4(6)3-5;1-6-4-2-5-3-4/h1-7H,8H2,(H,19,20)(H,21,22);4-5H,2-3,6H2,1H3;4-5H,2-3H2,1H3. The first-order valence-corrected chi connectivity index (χ1v) is 11.3. The van der Waals surface area contributed by atoms with Gasteiger partial charge >= 0.3 is 5.97 Å². The van der Waals surface area contributed by atoms with E-state index >= 15 is 0 Å². The number of aromatic carboxylic acids is 1. The fourth-order valence-corrected chi connectivity index (χ4v) is 3.57. The zero-order chi connectivity index (χ0) is 25.4. The summed E-state index contributed by atoms with van der Waals surface area (Å²) < 4.78 is 23.3. The molecule has 1 aliphatic heterocycles. The van der Waals surface area contributed by atoms with Crippen molar-refractivity contribution < 1.29 is 23.8 Å². The molecule has 0 atom stereocenters. The van der Waals surface area contributed by atoms with E-state index in [9.17, 15) is 14.0 Å². The molecule has 2 aliphatic rings. The van der Waals surface area contributed by atoms with Gasteiger partial charge in [-0.1, -0.05) is 24.3 Å². The van der Waals surface area contributed by atoms with E-state index in [2.05, 4.69) is 15.5 Å². The molecule has 5 N–H and O–H groups in total. The van der Waals surface area contributed by atoms with Crippen LogP contribution in [0.25, 0.3) is 10.8 Å². The van der Waals surface area contributed by atoms with Crippen LogP contribution in [-0.4, -0.2) is 66.8 Å². The van der Waals surface area contributed by atoms with Crippen LogP contribution in [0.4, 0.5) is 4.39 Å². The first-order chi connectivity index (χ1) is 16.8. The lowest BCUT2D eigenvalue weighted by molar-refractivity contribution is 0.0279. The number of carboxylic acid groups (broad SMARTS) is 1. The lowest BCUT2D eigenvalue weighted by atomic mass is 9.90. The number of fused-ring (bicyclic) bond motifs is 1. The van der Waals surface area contributed by atoms with E-state index in [4.69, 9.17) is 20.3 Å². The highest BCUT2D eigenvalue weighted by atomic mass is 19.1. The summed E-state index contributed by atoms with van der Waals surface area (Å²) in [5, 5.41) is 19.7. The van der Waals surface area contributed by atoms with E-state index in [1.165, 1.54) is 12.1 Å². The van der Waals surface area contributed by atoms with Gasteiger partial charge in [0.15, 0.2) is 0 Å². The number of hydrogen-bond donors (Lipinski definition) is 4. The van der Waals surface area contributed by atoms with Crippen LogP contribution in [0.15, 0.2) is 47.3 Å². The van der Waals surface area contributed by atoms with Gasteiger partial charge in [-0.25, -0.2) is 14.3 Å². The maximum atomic E-state index is 13.4. The van der Waals surface area contributed by atoms with Gasteiger partial charge in [-0.15, -0.1) is 0 Å². The fourth-order valence-electron chi connectivity index (χ4n) is 3.57. The number of hydrogen-bond acceptors (Lipinski definition) is 7. The predicted molar refractivity (Wildman–Crippen MR) is 130 cm³/mol. The van der Waals surface area contributed by atoms with Gasteiger partial charge in [0.2, 0.25) is 0 Å². The number of nitrogens with one attached hydrogen (secondary N) is 2. The minimum atomic E-state index is -1.32. The van der Waals surface area contributed by atoms with Crippen molar-refractivity contribution in [3.63, 3.8) is 0 Å². The second-order valence-electron chi connectivity index (χ2n) is 8.45. The number of halogens is 1. The Morgan fingerprint density at radius 3 is 2.26 bits per heavy atom. The molecule has 10 heteroatoms. The quantitative estimate of drug-likeness (QED) is 0.430. The molecule has 188 valence electrons. The number of aromatic amines is 1. The molecule has 2 aromatic carbocycles. The first kappa shape index (κ1) is 26.4. The Balaban J connectivity index is 0.000000213. The Bertz CT molecular complexity index is 1190. The number of H-pyrrole nitrogens is 1. The van der Waals surface area contributed by atoms with Gasteiger partial charge < -0.3 is 25.6 Å². The number of carboxylic acids is 1. The summed E-state index contributed by atoms with van der Waals surface area (Å²) in [6.07, 6.45) is 3.37. The van der Waals surface area contributed by atoms with Crippen LogP contribution in [0.2, 0.25) is 0 Å². The van der Waals surface area contributed by atoms with Crippen LogP contribution >= 0.6 is 0 Å². The average Bonchev–Trinajstić information content (AvgIpc) is 2.80. The molecule has 0 amide bonds. The molecule has 3 aromatic rings. The molecule has 1 saturated heterocycles. The van der Waals surface area contributed by atoms with Crippen LogP contribution in [-0.2, 0) is 15.9 Å². The van der Waals surface area contributed by atoms with E-state index in [-0.39, 0.29) is 17.5 Å². The van der Waals surface area contributed by atoms with Gasteiger partial charge in [0.05, 0.1) is 28.9 Å². The van der Waals surface area contributed by atoms with E-state index in [1.807, 2.05) is 0 Å². The van der Waals surface area contributed by atoms with Crippen molar-refractivity contribution in [1.29, 1.82) is 0 Å². The number of carbonyl (C=O) groups is 1. The second-order valence-corrected chi connectivity index (χ2v) is 8.45. The maximum absolute atomic E-state index is 13.4. The van der Waals surface area contributed by atoms with Crippen LogP contribution in [0.5, 0.6) is 0 Å². The Morgan fingerprint density at radius 1 is 1.11 bits per heavy atom. The van der Waals surface area contributed by atoms with Crippen LogP contribution in [0.1, 0.15) is 34.5 Å². The lowest BCUT2D eigenvalue weighted by Gasteiger charge is -2.30. The minimum Gasteiger partial charge on any atom is -0.478 e. The number of aromatic nitrogens is 2. The molecule has 2 heterocycles. The van der Waals surface area contributed by atoms with Gasteiger partial charge in [0.25, 0.3) is 5.56 Å². The normalized spacial score (nSPS) is 18.9. The Kier molecular flexibility index (Phi) is 9.44. The number of methoxy groups -OCH3 is 2. The van der Waals surface area contributed by atoms with Crippen LogP contribution < -0.4 is 16.6 Å². The highest BCUT2D eigenvalue weighted by molar-refractivity contribution is 5.88. The van der Waals surface area contributed by atoms with Crippen molar-refractivity contribution in [2.45, 2.75) is 37.5 Å². The third kappa shape index (κ3) is 7.15. The van der Waals surface area contributed by atoms with Crippen molar-refractivity contribution in [2.24, 2.45) is 5.73 Å². The van der Waals surface area contributed by atoms with Gasteiger partial charge in [0.1, 0.15) is 5.82 Å². The second kappa shape index (κ2) is 12.5. The van der Waals surface area contributed by atoms with Gasteiger partial charge in [-0.3, -0.25) is 4.79 Å². The van der Waals surface area contributed by atoms with Crippen LogP contribution in [0.3, 0.4) is 0 Å². The number of ether oxygens (including phenoxy) is 2. The Labute approximate surface area is 202 Å². The highest BCUT2D eigenvalue weighted by Crippen LogP contribution is 2.20.